The molecule has 2 N–H and O–H groups in total. The van der Waals surface area contributed by atoms with Gasteiger partial charge >= 0.3 is 0 Å². The number of piperazine rings is 1. The highest BCUT2D eigenvalue weighted by atomic mass is 16.5. The molecule has 0 aromatic rings. The molecule has 0 spiro atoms. The molecule has 0 amide bonds. The Morgan fingerprint density at radius 2 is 1.41 bits per heavy atom. The number of piperidine rings is 1. The first-order valence-corrected chi connectivity index (χ1v) is 15.5. The van der Waals surface area contributed by atoms with Crippen LogP contribution in [0, 0.1) is 5.92 Å². The molecule has 3 heterocycles. The number of likely N-dealkylation sites (tertiary alicyclic amines) is 1. The normalized spacial score (nSPS) is 23.8. The van der Waals surface area contributed by atoms with Crippen molar-refractivity contribution in [1.29, 1.82) is 0 Å². The molecule has 8 nitrogen and oxygen atoms in total. The van der Waals surface area contributed by atoms with Crippen molar-refractivity contribution in [1.82, 2.24) is 35.1 Å². The average molecular weight is 524 g/mol. The molecule has 3 saturated heterocycles. The van der Waals surface area contributed by atoms with Crippen LogP contribution >= 0.6 is 0 Å². The van der Waals surface area contributed by atoms with Crippen LogP contribution in [0.4, 0.5) is 0 Å². The molecule has 0 bridgehead atoms. The van der Waals surface area contributed by atoms with Crippen LogP contribution < -0.4 is 10.6 Å². The third-order valence-corrected chi connectivity index (χ3v) is 8.90. The second-order valence-electron chi connectivity index (χ2n) is 12.4. The predicted molar refractivity (Wildman–Crippen MR) is 157 cm³/mol. The first-order valence-electron chi connectivity index (χ1n) is 15.5. The molecule has 0 aromatic heterocycles. The molecular formula is C29H61N7O. The summed E-state index contributed by atoms with van der Waals surface area (Å²) in [6, 6.07) is 1.76. The number of hydrogen-bond donors (Lipinski definition) is 2. The lowest BCUT2D eigenvalue weighted by atomic mass is 9.96. The summed E-state index contributed by atoms with van der Waals surface area (Å²) >= 11 is 0. The summed E-state index contributed by atoms with van der Waals surface area (Å²) in [6.45, 7) is 29.0. The van der Waals surface area contributed by atoms with Crippen LogP contribution in [0.1, 0.15) is 47.0 Å². The van der Waals surface area contributed by atoms with Crippen molar-refractivity contribution in [3.8, 4) is 0 Å². The molecule has 0 saturated carbocycles. The van der Waals surface area contributed by atoms with Gasteiger partial charge in [-0.3, -0.25) is 14.7 Å². The average Bonchev–Trinajstić information content (AvgIpc) is 2.90. The minimum Gasteiger partial charge on any atom is -0.379 e. The van der Waals surface area contributed by atoms with Crippen molar-refractivity contribution in [2.45, 2.75) is 65.1 Å². The molecule has 0 aliphatic carbocycles. The Kier molecular flexibility index (Phi) is 14.7. The van der Waals surface area contributed by atoms with Crippen molar-refractivity contribution >= 4 is 0 Å². The van der Waals surface area contributed by atoms with Gasteiger partial charge in [0.15, 0.2) is 0 Å². The molecule has 8 heteroatoms. The number of hydrogen-bond acceptors (Lipinski definition) is 8. The summed E-state index contributed by atoms with van der Waals surface area (Å²) in [6.07, 6.45) is 3.94. The molecule has 0 aromatic carbocycles. The standard InChI is InChI=1S/C29H61N7O/c1-26(2)36(19-18-35-16-14-32(5)15-17-35)25-28(4)31-24-29-7-11-33(12-8-29)10-6-27(3)30-9-13-34-20-22-37-23-21-34/h26-31H,6-25H2,1-5H3. The van der Waals surface area contributed by atoms with Crippen LogP contribution in [-0.2, 0) is 4.74 Å². The van der Waals surface area contributed by atoms with Gasteiger partial charge < -0.3 is 25.2 Å². The van der Waals surface area contributed by atoms with Crippen molar-refractivity contribution in [3.05, 3.63) is 0 Å². The fraction of sp³-hybridized carbons (Fsp3) is 1.00. The van der Waals surface area contributed by atoms with E-state index < -0.39 is 0 Å². The van der Waals surface area contributed by atoms with Crippen molar-refractivity contribution in [2.75, 3.05) is 118 Å². The zero-order valence-corrected chi connectivity index (χ0v) is 25.1. The SMILES string of the molecule is CC(CCN1CCC(CNC(C)CN(CCN2CCN(C)CC2)C(C)C)CC1)NCCN1CCOCC1. The van der Waals surface area contributed by atoms with Gasteiger partial charge in [-0.25, -0.2) is 0 Å². The quantitative estimate of drug-likeness (QED) is 0.314. The van der Waals surface area contributed by atoms with E-state index in [9.17, 15) is 0 Å². The maximum Gasteiger partial charge on any atom is 0.0594 e. The summed E-state index contributed by atoms with van der Waals surface area (Å²) < 4.78 is 5.45. The molecule has 3 aliphatic heterocycles. The highest BCUT2D eigenvalue weighted by Gasteiger charge is 2.22. The molecule has 2 atom stereocenters. The number of nitrogens with zero attached hydrogens (tertiary/aromatic N) is 5. The molecule has 0 radical (unpaired) electrons. The van der Waals surface area contributed by atoms with E-state index in [1.165, 1.54) is 84.7 Å². The van der Waals surface area contributed by atoms with Gasteiger partial charge in [0.05, 0.1) is 13.2 Å². The first-order chi connectivity index (χ1) is 17.9. The number of rotatable bonds is 16. The second kappa shape index (κ2) is 17.4. The van der Waals surface area contributed by atoms with E-state index in [0.29, 0.717) is 18.1 Å². The summed E-state index contributed by atoms with van der Waals surface area (Å²) in [5, 5.41) is 7.63. The number of likely N-dealkylation sites (N-methyl/N-ethyl adjacent to an activating group) is 1. The van der Waals surface area contributed by atoms with Gasteiger partial charge in [-0.05, 0) is 86.1 Å². The molecule has 3 aliphatic rings. The Balaban J connectivity index is 1.21. The first kappa shape index (κ1) is 31.2. The number of morpholine rings is 1. The lowest BCUT2D eigenvalue weighted by Crippen LogP contribution is -2.50. The van der Waals surface area contributed by atoms with E-state index >= 15 is 0 Å². The fourth-order valence-electron chi connectivity index (χ4n) is 5.87. The third kappa shape index (κ3) is 12.6. The lowest BCUT2D eigenvalue weighted by Gasteiger charge is -2.36. The van der Waals surface area contributed by atoms with E-state index in [2.05, 4.69) is 69.9 Å². The number of nitrogens with one attached hydrogen (secondary N) is 2. The second-order valence-corrected chi connectivity index (χ2v) is 12.4. The molecule has 3 rings (SSSR count). The zero-order valence-electron chi connectivity index (χ0n) is 25.1. The minimum atomic E-state index is 0.553. The van der Waals surface area contributed by atoms with Crippen molar-refractivity contribution < 1.29 is 4.74 Å². The Morgan fingerprint density at radius 1 is 0.757 bits per heavy atom. The van der Waals surface area contributed by atoms with E-state index in [-0.39, 0.29) is 0 Å². The topological polar surface area (TPSA) is 49.5 Å². The van der Waals surface area contributed by atoms with Gasteiger partial charge in [0, 0.05) is 90.1 Å². The Morgan fingerprint density at radius 3 is 2.08 bits per heavy atom. The van der Waals surface area contributed by atoms with Gasteiger partial charge in [0.2, 0.25) is 0 Å². The minimum absolute atomic E-state index is 0.553. The Hall–Kier alpha value is -0.320. The maximum absolute atomic E-state index is 5.45. The van der Waals surface area contributed by atoms with Gasteiger partial charge in [0.25, 0.3) is 0 Å². The highest BCUT2D eigenvalue weighted by molar-refractivity contribution is 4.79. The number of ether oxygens (including phenoxy) is 1. The fourth-order valence-corrected chi connectivity index (χ4v) is 5.87. The molecule has 2 unspecified atom stereocenters. The van der Waals surface area contributed by atoms with Crippen LogP contribution in [-0.4, -0.2) is 161 Å². The smallest absolute Gasteiger partial charge is 0.0594 e. The summed E-state index contributed by atoms with van der Waals surface area (Å²) in [4.78, 5) is 13.0. The van der Waals surface area contributed by atoms with Gasteiger partial charge in [-0.15, -0.1) is 0 Å². The highest BCUT2D eigenvalue weighted by Crippen LogP contribution is 2.17. The summed E-state index contributed by atoms with van der Waals surface area (Å²) in [5.74, 6) is 0.834. The van der Waals surface area contributed by atoms with Crippen LogP contribution in [0.25, 0.3) is 0 Å². The van der Waals surface area contributed by atoms with E-state index in [1.54, 1.807) is 0 Å². The van der Waals surface area contributed by atoms with Crippen molar-refractivity contribution in [2.24, 2.45) is 5.92 Å². The predicted octanol–water partition coefficient (Wildman–Crippen LogP) is 1.33. The van der Waals surface area contributed by atoms with E-state index in [0.717, 1.165) is 51.9 Å². The molecule has 37 heavy (non-hydrogen) atoms. The monoisotopic (exact) mass is 523 g/mol. The summed E-state index contributed by atoms with van der Waals surface area (Å²) in [7, 11) is 2.24. The van der Waals surface area contributed by atoms with Gasteiger partial charge in [0.1, 0.15) is 0 Å². The summed E-state index contributed by atoms with van der Waals surface area (Å²) in [5.41, 5.74) is 0. The third-order valence-electron chi connectivity index (χ3n) is 8.90. The van der Waals surface area contributed by atoms with E-state index in [1.807, 2.05) is 0 Å². The van der Waals surface area contributed by atoms with Crippen LogP contribution in [0.5, 0.6) is 0 Å². The molecule has 3 fully saturated rings. The lowest BCUT2D eigenvalue weighted by molar-refractivity contribution is 0.0381. The molecular weight excluding hydrogens is 462 g/mol. The van der Waals surface area contributed by atoms with Crippen LogP contribution in [0.15, 0.2) is 0 Å². The van der Waals surface area contributed by atoms with Crippen LogP contribution in [0.3, 0.4) is 0 Å². The maximum atomic E-state index is 5.45. The van der Waals surface area contributed by atoms with Crippen LogP contribution in [0.2, 0.25) is 0 Å². The van der Waals surface area contributed by atoms with Gasteiger partial charge in [-0.1, -0.05) is 0 Å². The molecule has 218 valence electrons. The van der Waals surface area contributed by atoms with E-state index in [4.69, 9.17) is 4.74 Å². The Labute approximate surface area is 229 Å². The largest absolute Gasteiger partial charge is 0.379 e. The Bertz CT molecular complexity index is 573. The van der Waals surface area contributed by atoms with Gasteiger partial charge in [-0.2, -0.15) is 0 Å². The zero-order chi connectivity index (χ0) is 26.5. The van der Waals surface area contributed by atoms with Crippen molar-refractivity contribution in [3.63, 3.8) is 0 Å².